The van der Waals surface area contributed by atoms with Crippen LogP contribution in [0.15, 0.2) is 51.7 Å². The maximum absolute atomic E-state index is 12.2. The van der Waals surface area contributed by atoms with E-state index in [2.05, 4.69) is 25.3 Å². The smallest absolute Gasteiger partial charge is 0.241 e. The zero-order valence-electron chi connectivity index (χ0n) is 15.6. The van der Waals surface area contributed by atoms with E-state index in [0.29, 0.717) is 31.3 Å². The predicted molar refractivity (Wildman–Crippen MR) is 108 cm³/mol. The quantitative estimate of drug-likeness (QED) is 0.659. The highest BCUT2D eigenvalue weighted by atomic mass is 32.1. The highest BCUT2D eigenvalue weighted by Gasteiger charge is 2.21. The summed E-state index contributed by atoms with van der Waals surface area (Å²) in [6.45, 7) is 5.11. The number of hydrogen-bond acceptors (Lipinski definition) is 7. The number of benzene rings is 1. The molecular weight excluding hydrogens is 374 g/mol. The van der Waals surface area contributed by atoms with Crippen molar-refractivity contribution in [2.75, 3.05) is 32.7 Å². The molecule has 1 aliphatic heterocycles. The molecule has 3 aromatic rings. The Hall–Kier alpha value is -2.55. The van der Waals surface area contributed by atoms with Gasteiger partial charge in [-0.3, -0.25) is 14.6 Å². The van der Waals surface area contributed by atoms with E-state index in [1.165, 1.54) is 0 Å². The normalized spacial score (nSPS) is 15.6. The fraction of sp³-hybridized carbons (Fsp3) is 0.350. The predicted octanol–water partition coefficient (Wildman–Crippen LogP) is 2.23. The van der Waals surface area contributed by atoms with Gasteiger partial charge in [-0.25, -0.2) is 0 Å². The molecule has 4 rings (SSSR count). The number of nitrogens with zero attached hydrogens (tertiary/aromatic N) is 4. The largest absolute Gasteiger partial charge is 0.351 e. The Bertz CT molecular complexity index is 873. The second-order valence-corrected chi connectivity index (χ2v) is 7.62. The molecule has 0 radical (unpaired) electrons. The van der Waals surface area contributed by atoms with Crippen LogP contribution in [0.4, 0.5) is 0 Å². The lowest BCUT2D eigenvalue weighted by atomic mass is 10.2. The first-order valence-electron chi connectivity index (χ1n) is 9.37. The Morgan fingerprint density at radius 2 is 1.89 bits per heavy atom. The molecule has 1 amide bonds. The van der Waals surface area contributed by atoms with Crippen molar-refractivity contribution in [1.82, 2.24) is 25.3 Å². The number of hydrogen-bond donors (Lipinski definition) is 1. The third-order valence-electron chi connectivity index (χ3n) is 4.77. The van der Waals surface area contributed by atoms with Gasteiger partial charge in [-0.05, 0) is 17.0 Å². The summed E-state index contributed by atoms with van der Waals surface area (Å²) in [5.74, 6) is 1.34. The van der Waals surface area contributed by atoms with Crippen LogP contribution in [0.3, 0.4) is 0 Å². The van der Waals surface area contributed by atoms with E-state index < -0.39 is 0 Å². The average Bonchev–Trinajstić information content (AvgIpc) is 3.41. The summed E-state index contributed by atoms with van der Waals surface area (Å²) in [7, 11) is 0. The average molecular weight is 398 g/mol. The second kappa shape index (κ2) is 9.09. The number of carbonyl (C=O) groups is 1. The summed E-state index contributed by atoms with van der Waals surface area (Å²) in [5.41, 5.74) is 2.10. The molecule has 2 aromatic heterocycles. The van der Waals surface area contributed by atoms with Gasteiger partial charge in [-0.1, -0.05) is 35.5 Å². The van der Waals surface area contributed by atoms with Crippen LogP contribution < -0.4 is 5.32 Å². The van der Waals surface area contributed by atoms with Crippen molar-refractivity contribution in [3.63, 3.8) is 0 Å². The number of rotatable bonds is 7. The minimum absolute atomic E-state index is 0.0645. The Labute approximate surface area is 168 Å². The van der Waals surface area contributed by atoms with Crippen LogP contribution in [0, 0.1) is 0 Å². The standard InChI is InChI=1S/C20H23N5O2S/c26-18(21-12-16-4-2-1-3-5-16)13-24-7-9-25(10-8-24)14-19-22-20(23-27-19)17-6-11-28-15-17/h1-6,11,15H,7-10,12-14H2,(H,21,26). The van der Waals surface area contributed by atoms with Crippen molar-refractivity contribution < 1.29 is 9.32 Å². The van der Waals surface area contributed by atoms with Crippen LogP contribution in [0.2, 0.25) is 0 Å². The van der Waals surface area contributed by atoms with Gasteiger partial charge in [0.25, 0.3) is 0 Å². The molecule has 1 aromatic carbocycles. The van der Waals surface area contributed by atoms with Crippen molar-refractivity contribution in [1.29, 1.82) is 0 Å². The van der Waals surface area contributed by atoms with Gasteiger partial charge in [0.15, 0.2) is 0 Å². The van der Waals surface area contributed by atoms with Crippen molar-refractivity contribution in [3.8, 4) is 11.4 Å². The molecule has 0 spiro atoms. The lowest BCUT2D eigenvalue weighted by molar-refractivity contribution is -0.122. The summed E-state index contributed by atoms with van der Waals surface area (Å²) in [6.07, 6.45) is 0. The van der Waals surface area contributed by atoms with Crippen molar-refractivity contribution >= 4 is 17.2 Å². The zero-order chi connectivity index (χ0) is 19.2. The first kappa shape index (κ1) is 18.8. The number of nitrogens with one attached hydrogen (secondary N) is 1. The molecule has 0 unspecified atom stereocenters. The SMILES string of the molecule is O=C(CN1CCN(Cc2nc(-c3ccsc3)no2)CC1)NCc1ccccc1. The highest BCUT2D eigenvalue weighted by Crippen LogP contribution is 2.19. The van der Waals surface area contributed by atoms with Crippen LogP contribution in [-0.4, -0.2) is 58.6 Å². The molecule has 1 fully saturated rings. The molecule has 0 atom stereocenters. The van der Waals surface area contributed by atoms with Crippen molar-refractivity contribution in [2.24, 2.45) is 0 Å². The minimum Gasteiger partial charge on any atom is -0.351 e. The lowest BCUT2D eigenvalue weighted by Crippen LogP contribution is -2.49. The lowest BCUT2D eigenvalue weighted by Gasteiger charge is -2.33. The molecule has 7 nitrogen and oxygen atoms in total. The first-order chi connectivity index (χ1) is 13.8. The fourth-order valence-electron chi connectivity index (χ4n) is 3.18. The van der Waals surface area contributed by atoms with Crippen LogP contribution in [0.25, 0.3) is 11.4 Å². The monoisotopic (exact) mass is 397 g/mol. The van der Waals surface area contributed by atoms with Gasteiger partial charge in [0.1, 0.15) is 0 Å². The molecule has 28 heavy (non-hydrogen) atoms. The molecule has 0 saturated carbocycles. The van der Waals surface area contributed by atoms with Gasteiger partial charge in [0.2, 0.25) is 17.6 Å². The summed E-state index contributed by atoms with van der Waals surface area (Å²) in [4.78, 5) is 21.1. The zero-order valence-corrected chi connectivity index (χ0v) is 16.4. The summed E-state index contributed by atoms with van der Waals surface area (Å²) in [6, 6.07) is 11.9. The van der Waals surface area contributed by atoms with Gasteiger partial charge < -0.3 is 9.84 Å². The summed E-state index contributed by atoms with van der Waals surface area (Å²) < 4.78 is 5.38. The van der Waals surface area contributed by atoms with Crippen LogP contribution >= 0.6 is 11.3 Å². The van der Waals surface area contributed by atoms with Gasteiger partial charge in [0, 0.05) is 43.7 Å². The molecular formula is C20H23N5O2S. The van der Waals surface area contributed by atoms with Crippen molar-refractivity contribution in [2.45, 2.75) is 13.1 Å². The van der Waals surface area contributed by atoms with Gasteiger partial charge >= 0.3 is 0 Å². The molecule has 8 heteroatoms. The Morgan fingerprint density at radius 3 is 2.64 bits per heavy atom. The molecule has 1 aliphatic rings. The van der Waals surface area contributed by atoms with E-state index in [9.17, 15) is 4.79 Å². The Morgan fingerprint density at radius 1 is 1.11 bits per heavy atom. The molecule has 146 valence electrons. The van der Waals surface area contributed by atoms with E-state index in [4.69, 9.17) is 4.52 Å². The fourth-order valence-corrected chi connectivity index (χ4v) is 3.81. The molecule has 1 saturated heterocycles. The number of carbonyl (C=O) groups excluding carboxylic acids is 1. The van der Waals surface area contributed by atoms with Crippen LogP contribution in [0.1, 0.15) is 11.5 Å². The second-order valence-electron chi connectivity index (χ2n) is 6.84. The van der Waals surface area contributed by atoms with E-state index in [1.807, 2.05) is 47.2 Å². The Balaban J connectivity index is 1.19. The molecule has 0 aliphatic carbocycles. The van der Waals surface area contributed by atoms with Crippen LogP contribution in [0.5, 0.6) is 0 Å². The van der Waals surface area contributed by atoms with E-state index >= 15 is 0 Å². The number of piperazine rings is 1. The maximum atomic E-state index is 12.2. The summed E-state index contributed by atoms with van der Waals surface area (Å²) in [5, 5.41) is 11.1. The Kier molecular flexibility index (Phi) is 6.11. The topological polar surface area (TPSA) is 74.5 Å². The third kappa shape index (κ3) is 5.03. The van der Waals surface area contributed by atoms with E-state index in [-0.39, 0.29) is 5.91 Å². The minimum atomic E-state index is 0.0645. The molecule has 1 N–H and O–H groups in total. The third-order valence-corrected chi connectivity index (χ3v) is 5.45. The maximum Gasteiger partial charge on any atom is 0.241 e. The number of thiophene rings is 1. The first-order valence-corrected chi connectivity index (χ1v) is 10.3. The summed E-state index contributed by atoms with van der Waals surface area (Å²) >= 11 is 1.62. The van der Waals surface area contributed by atoms with Gasteiger partial charge in [-0.15, -0.1) is 0 Å². The van der Waals surface area contributed by atoms with E-state index in [0.717, 1.165) is 37.3 Å². The highest BCUT2D eigenvalue weighted by molar-refractivity contribution is 7.08. The molecule has 3 heterocycles. The van der Waals surface area contributed by atoms with Gasteiger partial charge in [-0.2, -0.15) is 16.3 Å². The number of amides is 1. The van der Waals surface area contributed by atoms with Crippen LogP contribution in [-0.2, 0) is 17.9 Å². The van der Waals surface area contributed by atoms with Crippen molar-refractivity contribution in [3.05, 3.63) is 58.6 Å². The van der Waals surface area contributed by atoms with Gasteiger partial charge in [0.05, 0.1) is 13.1 Å². The number of aromatic nitrogens is 2. The molecule has 0 bridgehead atoms. The van der Waals surface area contributed by atoms with E-state index in [1.54, 1.807) is 11.3 Å².